The van der Waals surface area contributed by atoms with E-state index in [-0.39, 0.29) is 11.1 Å². The normalized spacial score (nSPS) is 12.5. The lowest BCUT2D eigenvalue weighted by Crippen LogP contribution is -2.05. The Hall–Kier alpha value is -0.610. The molecule has 0 spiro atoms. The minimum absolute atomic E-state index is 0.0601. The van der Waals surface area contributed by atoms with E-state index in [1.165, 1.54) is 0 Å². The average molecular weight is 363 g/mol. The average Bonchev–Trinajstić information content (AvgIpc) is 2.35. The van der Waals surface area contributed by atoms with Crippen LogP contribution in [0.25, 0.3) is 11.1 Å². The third kappa shape index (κ3) is 2.95. The maximum absolute atomic E-state index is 14.1. The van der Waals surface area contributed by atoms with E-state index in [4.69, 9.17) is 28.9 Å². The van der Waals surface area contributed by atoms with Gasteiger partial charge >= 0.3 is 0 Å². The van der Waals surface area contributed by atoms with Crippen molar-refractivity contribution in [3.05, 3.63) is 56.2 Å². The van der Waals surface area contributed by atoms with E-state index >= 15 is 0 Å². The zero-order valence-corrected chi connectivity index (χ0v) is 13.2. The van der Waals surface area contributed by atoms with E-state index in [0.717, 1.165) is 5.56 Å². The molecular weight excluding hydrogens is 352 g/mol. The smallest absolute Gasteiger partial charge is 0.150 e. The Morgan fingerprint density at radius 2 is 1.89 bits per heavy atom. The summed E-state index contributed by atoms with van der Waals surface area (Å²) in [5.41, 5.74) is 7.70. The summed E-state index contributed by atoms with van der Waals surface area (Å²) in [4.78, 5) is 0. The van der Waals surface area contributed by atoms with Crippen molar-refractivity contribution in [3.63, 3.8) is 0 Å². The van der Waals surface area contributed by atoms with Crippen LogP contribution in [0.5, 0.6) is 0 Å². The van der Waals surface area contributed by atoms with Gasteiger partial charge in [-0.05, 0) is 46.1 Å². The molecule has 0 saturated carbocycles. The topological polar surface area (TPSA) is 26.0 Å². The molecule has 100 valence electrons. The molecule has 2 N–H and O–H groups in total. The van der Waals surface area contributed by atoms with Gasteiger partial charge in [0, 0.05) is 21.1 Å². The molecule has 0 saturated heterocycles. The molecule has 5 heteroatoms. The summed E-state index contributed by atoms with van der Waals surface area (Å²) in [6, 6.07) is 8.48. The van der Waals surface area contributed by atoms with Crippen LogP contribution in [0.3, 0.4) is 0 Å². The molecule has 1 nitrogen and oxygen atoms in total. The second-order valence-corrected chi connectivity index (χ2v) is 5.89. The van der Waals surface area contributed by atoms with Crippen LogP contribution in [0.1, 0.15) is 18.5 Å². The van der Waals surface area contributed by atoms with Crippen LogP contribution in [-0.2, 0) is 0 Å². The molecule has 2 aromatic carbocycles. The van der Waals surface area contributed by atoms with Crippen molar-refractivity contribution in [3.8, 4) is 11.1 Å². The lowest BCUT2D eigenvalue weighted by Gasteiger charge is -2.11. The van der Waals surface area contributed by atoms with E-state index in [9.17, 15) is 4.39 Å². The van der Waals surface area contributed by atoms with Gasteiger partial charge in [0.15, 0.2) is 5.82 Å². The van der Waals surface area contributed by atoms with Crippen molar-refractivity contribution >= 4 is 39.1 Å². The molecule has 1 unspecified atom stereocenters. The summed E-state index contributed by atoms with van der Waals surface area (Å²) in [5, 5.41) is 0.579. The first-order valence-electron chi connectivity index (χ1n) is 5.60. The molecule has 0 aliphatic rings. The van der Waals surface area contributed by atoms with Gasteiger partial charge in [-0.1, -0.05) is 41.4 Å². The Bertz CT molecular complexity index is 629. The summed E-state index contributed by atoms with van der Waals surface area (Å²) < 4.78 is 14.6. The van der Waals surface area contributed by atoms with Gasteiger partial charge in [-0.3, -0.25) is 0 Å². The predicted molar refractivity (Wildman–Crippen MR) is 82.2 cm³/mol. The Morgan fingerprint density at radius 3 is 2.47 bits per heavy atom. The molecule has 2 aromatic rings. The molecule has 0 radical (unpaired) electrons. The molecule has 0 aliphatic heterocycles. The lowest BCUT2D eigenvalue weighted by atomic mass is 10.0. The second-order valence-electron chi connectivity index (χ2n) is 4.25. The molecular formula is C14H11BrCl2FN. The minimum atomic E-state index is -0.472. The summed E-state index contributed by atoms with van der Waals surface area (Å²) >= 11 is 15.2. The van der Waals surface area contributed by atoms with Crippen LogP contribution in [0.4, 0.5) is 4.39 Å². The fourth-order valence-corrected chi connectivity index (χ4v) is 2.64. The van der Waals surface area contributed by atoms with E-state index < -0.39 is 5.82 Å². The summed E-state index contributed by atoms with van der Waals surface area (Å²) in [5.74, 6) is -0.472. The standard InChI is InChI=1S/C14H11BrCl2FN/c1-7(19)9-3-2-8(6-12(9)16)10-4-5-11(15)13(17)14(10)18/h2-7H,19H2,1H3. The molecule has 0 amide bonds. The highest BCUT2D eigenvalue weighted by atomic mass is 79.9. The van der Waals surface area contributed by atoms with Gasteiger partial charge in [0.25, 0.3) is 0 Å². The van der Waals surface area contributed by atoms with Crippen molar-refractivity contribution < 1.29 is 4.39 Å². The second kappa shape index (κ2) is 5.80. The maximum Gasteiger partial charge on any atom is 0.150 e. The maximum atomic E-state index is 14.1. The number of halogens is 4. The molecule has 0 fully saturated rings. The number of hydrogen-bond donors (Lipinski definition) is 1. The number of nitrogens with two attached hydrogens (primary N) is 1. The largest absolute Gasteiger partial charge is 0.324 e. The van der Waals surface area contributed by atoms with Crippen molar-refractivity contribution in [2.24, 2.45) is 5.73 Å². The van der Waals surface area contributed by atoms with Crippen LogP contribution in [0.15, 0.2) is 34.8 Å². The van der Waals surface area contributed by atoms with Gasteiger partial charge in [-0.15, -0.1) is 0 Å². The van der Waals surface area contributed by atoms with Gasteiger partial charge in [0.2, 0.25) is 0 Å². The number of benzene rings is 2. The van der Waals surface area contributed by atoms with Crippen molar-refractivity contribution in [2.45, 2.75) is 13.0 Å². The van der Waals surface area contributed by atoms with Gasteiger partial charge in [0.05, 0.1) is 5.02 Å². The molecule has 1 atom stereocenters. The van der Waals surface area contributed by atoms with E-state index in [1.54, 1.807) is 30.3 Å². The fourth-order valence-electron chi connectivity index (χ4n) is 1.81. The Balaban J connectivity index is 2.55. The van der Waals surface area contributed by atoms with Gasteiger partial charge in [-0.25, -0.2) is 4.39 Å². The van der Waals surface area contributed by atoms with Gasteiger partial charge in [0.1, 0.15) is 0 Å². The van der Waals surface area contributed by atoms with E-state index in [2.05, 4.69) is 15.9 Å². The van der Waals surface area contributed by atoms with E-state index in [0.29, 0.717) is 20.6 Å². The minimum Gasteiger partial charge on any atom is -0.324 e. The first kappa shape index (κ1) is 14.8. The van der Waals surface area contributed by atoms with Crippen LogP contribution < -0.4 is 5.73 Å². The zero-order valence-electron chi connectivity index (χ0n) is 10.1. The first-order chi connectivity index (χ1) is 8.91. The molecule has 0 aromatic heterocycles. The number of rotatable bonds is 2. The van der Waals surface area contributed by atoms with Gasteiger partial charge in [-0.2, -0.15) is 0 Å². The van der Waals surface area contributed by atoms with Crippen LogP contribution in [0, 0.1) is 5.82 Å². The molecule has 0 heterocycles. The highest BCUT2D eigenvalue weighted by molar-refractivity contribution is 9.10. The third-order valence-corrected chi connectivity index (χ3v) is 4.42. The first-order valence-corrected chi connectivity index (χ1v) is 7.15. The van der Waals surface area contributed by atoms with E-state index in [1.807, 2.05) is 6.92 Å². The monoisotopic (exact) mass is 361 g/mol. The zero-order chi connectivity index (χ0) is 14.2. The van der Waals surface area contributed by atoms with Crippen LogP contribution >= 0.6 is 39.1 Å². The Morgan fingerprint density at radius 1 is 1.21 bits per heavy atom. The molecule has 19 heavy (non-hydrogen) atoms. The van der Waals surface area contributed by atoms with Crippen molar-refractivity contribution in [1.82, 2.24) is 0 Å². The highest BCUT2D eigenvalue weighted by Gasteiger charge is 2.13. The number of hydrogen-bond acceptors (Lipinski definition) is 1. The SMILES string of the molecule is CC(N)c1ccc(-c2ccc(Br)c(Cl)c2F)cc1Cl. The van der Waals surface area contributed by atoms with Crippen molar-refractivity contribution in [1.29, 1.82) is 0 Å². The van der Waals surface area contributed by atoms with Gasteiger partial charge < -0.3 is 5.73 Å². The molecule has 0 aliphatic carbocycles. The third-order valence-electron chi connectivity index (χ3n) is 2.84. The van der Waals surface area contributed by atoms with Crippen molar-refractivity contribution in [2.75, 3.05) is 0 Å². The predicted octanol–water partition coefficient (Wildman–Crippen LogP) is 5.58. The Kier molecular flexibility index (Phi) is 4.51. The lowest BCUT2D eigenvalue weighted by molar-refractivity contribution is 0.631. The molecule has 2 rings (SSSR count). The fraction of sp³-hybridized carbons (Fsp3) is 0.143. The Labute approximate surface area is 129 Å². The summed E-state index contributed by atoms with van der Waals surface area (Å²) in [7, 11) is 0. The molecule has 0 bridgehead atoms. The van der Waals surface area contributed by atoms with Crippen LogP contribution in [-0.4, -0.2) is 0 Å². The highest BCUT2D eigenvalue weighted by Crippen LogP contribution is 2.35. The quantitative estimate of drug-likeness (QED) is 0.693. The summed E-state index contributed by atoms with van der Waals surface area (Å²) in [6.45, 7) is 1.85. The summed E-state index contributed by atoms with van der Waals surface area (Å²) in [6.07, 6.45) is 0. The van der Waals surface area contributed by atoms with Crippen LogP contribution in [0.2, 0.25) is 10.0 Å².